The van der Waals surface area contributed by atoms with Gasteiger partial charge in [0.25, 0.3) is 0 Å². The van der Waals surface area contributed by atoms with E-state index in [4.69, 9.17) is 0 Å². The lowest BCUT2D eigenvalue weighted by molar-refractivity contribution is 0.102. The first kappa shape index (κ1) is 20.2. The Balaban J connectivity index is 1.56. The molecule has 5 nitrogen and oxygen atoms in total. The van der Waals surface area contributed by atoms with E-state index in [1.54, 1.807) is 0 Å². The second-order valence-electron chi connectivity index (χ2n) is 8.25. The zero-order valence-electron chi connectivity index (χ0n) is 17.0. The molecular weight excluding hydrogens is 356 g/mol. The number of Topliss-reactive ketones (excluding diaryl/α,β-unsaturated/α-hetero) is 1. The Morgan fingerprint density at radius 3 is 2.78 bits per heavy atom. The van der Waals surface area contributed by atoms with Crippen molar-refractivity contribution in [1.29, 1.82) is 0 Å². The summed E-state index contributed by atoms with van der Waals surface area (Å²) in [6, 6.07) is 2.03. The summed E-state index contributed by atoms with van der Waals surface area (Å²) in [6.45, 7) is 9.57. The van der Waals surface area contributed by atoms with Crippen LogP contribution in [0, 0.1) is 25.7 Å². The zero-order chi connectivity index (χ0) is 19.4. The third kappa shape index (κ3) is 5.24. The minimum absolute atomic E-state index is 0.158. The van der Waals surface area contributed by atoms with Crippen molar-refractivity contribution in [2.45, 2.75) is 77.9 Å². The molecule has 0 unspecified atom stereocenters. The van der Waals surface area contributed by atoms with E-state index in [0.29, 0.717) is 16.8 Å². The molecule has 6 heteroatoms. The molecule has 0 spiro atoms. The van der Waals surface area contributed by atoms with Gasteiger partial charge in [-0.25, -0.2) is 4.98 Å². The number of aromatic nitrogens is 4. The maximum Gasteiger partial charge on any atom is 0.208 e. The van der Waals surface area contributed by atoms with Crippen molar-refractivity contribution in [2.24, 2.45) is 11.8 Å². The Labute approximate surface area is 166 Å². The van der Waals surface area contributed by atoms with Crippen LogP contribution in [0.3, 0.4) is 0 Å². The van der Waals surface area contributed by atoms with E-state index in [1.165, 1.54) is 43.1 Å². The van der Waals surface area contributed by atoms with Crippen molar-refractivity contribution in [1.82, 2.24) is 19.7 Å². The molecule has 3 rings (SSSR count). The Morgan fingerprint density at radius 2 is 2.07 bits per heavy atom. The summed E-state index contributed by atoms with van der Waals surface area (Å²) in [4.78, 5) is 17.3. The molecule has 148 valence electrons. The number of rotatable bonds is 9. The van der Waals surface area contributed by atoms with E-state index in [-0.39, 0.29) is 5.78 Å². The van der Waals surface area contributed by atoms with Crippen molar-refractivity contribution >= 4 is 17.5 Å². The second-order valence-corrected chi connectivity index (χ2v) is 9.19. The molecule has 1 aliphatic carbocycles. The Morgan fingerprint density at radius 1 is 1.33 bits per heavy atom. The van der Waals surface area contributed by atoms with Gasteiger partial charge < -0.3 is 4.57 Å². The topological polar surface area (TPSA) is 63.6 Å². The van der Waals surface area contributed by atoms with Gasteiger partial charge in [-0.05, 0) is 38.2 Å². The van der Waals surface area contributed by atoms with Crippen LogP contribution >= 0.6 is 11.8 Å². The van der Waals surface area contributed by atoms with Crippen LogP contribution in [0.4, 0.5) is 0 Å². The number of nitrogens with zero attached hydrogens (tertiary/aromatic N) is 3. The molecule has 1 fully saturated rings. The van der Waals surface area contributed by atoms with Gasteiger partial charge in [-0.1, -0.05) is 51.3 Å². The fraction of sp³-hybridized carbons (Fsp3) is 0.667. The molecule has 1 aliphatic rings. The minimum atomic E-state index is 0.158. The van der Waals surface area contributed by atoms with E-state index in [2.05, 4.69) is 47.4 Å². The smallest absolute Gasteiger partial charge is 0.208 e. The van der Waals surface area contributed by atoms with Crippen LogP contribution in [0.2, 0.25) is 0 Å². The van der Waals surface area contributed by atoms with Crippen LogP contribution in [0.1, 0.15) is 73.5 Å². The molecule has 0 aliphatic heterocycles. The standard InChI is InChI=1S/C21H32N4OS/c1-14(2)9-10-25-15(3)11-18(16(25)4)19(26)13-27-21-22-20(23-24-21)12-17-7-5-6-8-17/h11,14,17H,5-10,12-13H2,1-4H3,(H,22,23,24). The Hall–Kier alpha value is -1.56. The lowest BCUT2D eigenvalue weighted by Gasteiger charge is -2.11. The lowest BCUT2D eigenvalue weighted by atomic mass is 10.0. The molecule has 27 heavy (non-hydrogen) atoms. The summed E-state index contributed by atoms with van der Waals surface area (Å²) in [7, 11) is 0. The van der Waals surface area contributed by atoms with Gasteiger partial charge in [0.15, 0.2) is 5.78 Å². The first-order chi connectivity index (χ1) is 12.9. The number of thioether (sulfide) groups is 1. The maximum atomic E-state index is 12.7. The molecular formula is C21H32N4OS. The average Bonchev–Trinajstić information content (AvgIpc) is 3.34. The summed E-state index contributed by atoms with van der Waals surface area (Å²) in [5, 5.41) is 8.02. The van der Waals surface area contributed by atoms with Crippen LogP contribution in [-0.4, -0.2) is 31.3 Å². The third-order valence-electron chi connectivity index (χ3n) is 5.60. The largest absolute Gasteiger partial charge is 0.348 e. The number of aryl methyl sites for hydroxylation is 1. The molecule has 0 amide bonds. The number of ketones is 1. The summed E-state index contributed by atoms with van der Waals surface area (Å²) < 4.78 is 2.27. The maximum absolute atomic E-state index is 12.7. The predicted octanol–water partition coefficient (Wildman–Crippen LogP) is 4.98. The summed E-state index contributed by atoms with van der Waals surface area (Å²) in [6.07, 6.45) is 7.38. The lowest BCUT2D eigenvalue weighted by Crippen LogP contribution is -2.08. The van der Waals surface area contributed by atoms with E-state index in [1.807, 2.05) is 6.07 Å². The quantitative estimate of drug-likeness (QED) is 0.486. The molecule has 2 aromatic heterocycles. The summed E-state index contributed by atoms with van der Waals surface area (Å²) in [5.41, 5.74) is 3.08. The van der Waals surface area contributed by atoms with E-state index < -0.39 is 0 Å². The highest BCUT2D eigenvalue weighted by molar-refractivity contribution is 7.99. The molecule has 0 saturated heterocycles. The first-order valence-corrected chi connectivity index (χ1v) is 11.2. The van der Waals surface area contributed by atoms with Crippen LogP contribution < -0.4 is 0 Å². The summed E-state index contributed by atoms with van der Waals surface area (Å²) >= 11 is 1.43. The molecule has 2 heterocycles. The van der Waals surface area contributed by atoms with Crippen LogP contribution in [0.5, 0.6) is 0 Å². The monoisotopic (exact) mass is 388 g/mol. The van der Waals surface area contributed by atoms with Gasteiger partial charge in [-0.2, -0.15) is 0 Å². The number of carbonyl (C=O) groups excluding carboxylic acids is 1. The summed E-state index contributed by atoms with van der Waals surface area (Å²) in [5.74, 6) is 2.91. The fourth-order valence-corrected chi connectivity index (χ4v) is 4.64. The van der Waals surface area contributed by atoms with Crippen molar-refractivity contribution < 1.29 is 4.79 Å². The zero-order valence-corrected chi connectivity index (χ0v) is 17.9. The van der Waals surface area contributed by atoms with Crippen molar-refractivity contribution in [3.63, 3.8) is 0 Å². The van der Waals surface area contributed by atoms with E-state index >= 15 is 0 Å². The highest BCUT2D eigenvalue weighted by atomic mass is 32.2. The van der Waals surface area contributed by atoms with E-state index in [9.17, 15) is 4.79 Å². The van der Waals surface area contributed by atoms with Gasteiger partial charge in [-0.3, -0.25) is 9.89 Å². The number of H-pyrrole nitrogens is 1. The van der Waals surface area contributed by atoms with Crippen LogP contribution in [0.25, 0.3) is 0 Å². The number of carbonyl (C=O) groups is 1. The van der Waals surface area contributed by atoms with Gasteiger partial charge in [0.05, 0.1) is 5.75 Å². The highest BCUT2D eigenvalue weighted by Crippen LogP contribution is 2.27. The highest BCUT2D eigenvalue weighted by Gasteiger charge is 2.19. The van der Waals surface area contributed by atoms with Crippen molar-refractivity contribution in [2.75, 3.05) is 5.75 Å². The van der Waals surface area contributed by atoms with Crippen molar-refractivity contribution in [3.05, 3.63) is 28.8 Å². The van der Waals surface area contributed by atoms with Crippen LogP contribution in [-0.2, 0) is 13.0 Å². The van der Waals surface area contributed by atoms with Crippen LogP contribution in [0.15, 0.2) is 11.2 Å². The van der Waals surface area contributed by atoms with Gasteiger partial charge in [0.1, 0.15) is 5.82 Å². The van der Waals surface area contributed by atoms with E-state index in [0.717, 1.165) is 42.4 Å². The van der Waals surface area contributed by atoms with Gasteiger partial charge >= 0.3 is 0 Å². The minimum Gasteiger partial charge on any atom is -0.348 e. The SMILES string of the molecule is Cc1cc(C(=O)CSc2n[nH]c(CC3CCCC3)n2)c(C)n1CCC(C)C. The molecule has 0 radical (unpaired) electrons. The fourth-order valence-electron chi connectivity index (χ4n) is 3.94. The van der Waals surface area contributed by atoms with Gasteiger partial charge in [0, 0.05) is 29.9 Å². The average molecular weight is 389 g/mol. The first-order valence-electron chi connectivity index (χ1n) is 10.2. The van der Waals surface area contributed by atoms with Crippen molar-refractivity contribution in [3.8, 4) is 0 Å². The third-order valence-corrected chi connectivity index (χ3v) is 6.45. The van der Waals surface area contributed by atoms with Gasteiger partial charge in [0.2, 0.25) is 5.16 Å². The Kier molecular flexibility index (Phi) is 6.79. The molecule has 2 aromatic rings. The molecule has 1 saturated carbocycles. The predicted molar refractivity (Wildman–Crippen MR) is 110 cm³/mol. The number of hydrogen-bond donors (Lipinski definition) is 1. The second kappa shape index (κ2) is 9.09. The Bertz CT molecular complexity index is 771. The normalized spacial score (nSPS) is 15.1. The van der Waals surface area contributed by atoms with Gasteiger partial charge in [-0.15, -0.1) is 5.10 Å². The molecule has 0 aromatic carbocycles. The number of hydrogen-bond acceptors (Lipinski definition) is 4. The molecule has 1 N–H and O–H groups in total. The number of nitrogens with one attached hydrogen (secondary N) is 1. The number of aromatic amines is 1. The molecule has 0 bridgehead atoms. The molecule has 0 atom stereocenters.